The second kappa shape index (κ2) is 4.58. The fourth-order valence-corrected chi connectivity index (χ4v) is 3.04. The van der Waals surface area contributed by atoms with Gasteiger partial charge in [-0.15, -0.1) is 0 Å². The predicted octanol–water partition coefficient (Wildman–Crippen LogP) is 3.64. The number of carboxylic acid groups (broad SMARTS) is 1. The summed E-state index contributed by atoms with van der Waals surface area (Å²) >= 11 is 0. The molecular weight excluding hydrogens is 266 g/mol. The summed E-state index contributed by atoms with van der Waals surface area (Å²) in [5.41, 5.74) is 3.01. The topological polar surface area (TPSA) is 70.2 Å². The van der Waals surface area contributed by atoms with Crippen molar-refractivity contribution in [3.8, 4) is 0 Å². The van der Waals surface area contributed by atoms with Crippen LogP contribution in [0.3, 0.4) is 0 Å². The van der Waals surface area contributed by atoms with Crippen molar-refractivity contribution in [3.05, 3.63) is 41.6 Å². The normalized spacial score (nSPS) is 17.8. The molecule has 0 aliphatic heterocycles. The van der Waals surface area contributed by atoms with Crippen LogP contribution in [0.1, 0.15) is 42.6 Å². The first kappa shape index (κ1) is 13.6. The maximum Gasteiger partial charge on any atom is 0.335 e. The number of aromatic nitrogens is 1. The van der Waals surface area contributed by atoms with Crippen molar-refractivity contribution in [1.82, 2.24) is 4.98 Å². The standard InChI is InChI=1S/C17H17NO3/c1-17(2)7-11(5-12(19)8-17)14-9-18-15-6-10(16(20)21)3-4-13(14)15/h3-6,9,18H,7-8H2,1-2H3,(H,20,21). The number of aromatic amines is 1. The summed E-state index contributed by atoms with van der Waals surface area (Å²) in [4.78, 5) is 26.0. The Morgan fingerprint density at radius 2 is 2.05 bits per heavy atom. The number of allylic oxidation sites excluding steroid dienone is 2. The zero-order valence-electron chi connectivity index (χ0n) is 12.1. The van der Waals surface area contributed by atoms with Crippen molar-refractivity contribution in [2.24, 2.45) is 5.41 Å². The van der Waals surface area contributed by atoms with Crippen LogP contribution in [-0.2, 0) is 4.79 Å². The van der Waals surface area contributed by atoms with E-state index >= 15 is 0 Å². The Labute approximate surface area is 122 Å². The molecule has 0 saturated heterocycles. The molecule has 1 aliphatic carbocycles. The Hall–Kier alpha value is -2.36. The second-order valence-corrected chi connectivity index (χ2v) is 6.42. The smallest absolute Gasteiger partial charge is 0.335 e. The third-order valence-corrected chi connectivity index (χ3v) is 3.93. The summed E-state index contributed by atoms with van der Waals surface area (Å²) in [7, 11) is 0. The molecule has 1 aliphatic rings. The molecule has 4 heteroatoms. The van der Waals surface area contributed by atoms with Gasteiger partial charge in [0.1, 0.15) is 0 Å². The van der Waals surface area contributed by atoms with E-state index in [2.05, 4.69) is 18.8 Å². The number of hydrogen-bond acceptors (Lipinski definition) is 2. The average molecular weight is 283 g/mol. The molecule has 2 aromatic rings. The number of hydrogen-bond donors (Lipinski definition) is 2. The highest BCUT2D eigenvalue weighted by Gasteiger charge is 2.28. The third kappa shape index (κ3) is 2.49. The number of benzene rings is 1. The van der Waals surface area contributed by atoms with Crippen molar-refractivity contribution in [1.29, 1.82) is 0 Å². The molecule has 0 fully saturated rings. The van der Waals surface area contributed by atoms with Crippen molar-refractivity contribution >= 4 is 28.2 Å². The second-order valence-electron chi connectivity index (χ2n) is 6.42. The quantitative estimate of drug-likeness (QED) is 0.884. The number of ketones is 1. The first-order valence-corrected chi connectivity index (χ1v) is 6.94. The van der Waals surface area contributed by atoms with Crippen LogP contribution >= 0.6 is 0 Å². The van der Waals surface area contributed by atoms with Gasteiger partial charge in [0.05, 0.1) is 5.56 Å². The number of H-pyrrole nitrogens is 1. The summed E-state index contributed by atoms with van der Waals surface area (Å²) in [6.07, 6.45) is 4.99. The largest absolute Gasteiger partial charge is 0.478 e. The first-order chi connectivity index (χ1) is 9.85. The van der Waals surface area contributed by atoms with Crippen molar-refractivity contribution in [2.75, 3.05) is 0 Å². The molecule has 0 saturated carbocycles. The van der Waals surface area contributed by atoms with Crippen LogP contribution in [0.2, 0.25) is 0 Å². The molecule has 2 N–H and O–H groups in total. The van der Waals surface area contributed by atoms with E-state index in [1.165, 1.54) is 0 Å². The van der Waals surface area contributed by atoms with Crippen LogP contribution < -0.4 is 0 Å². The summed E-state index contributed by atoms with van der Waals surface area (Å²) in [5, 5.41) is 9.99. The minimum atomic E-state index is -0.943. The monoisotopic (exact) mass is 283 g/mol. The fourth-order valence-electron chi connectivity index (χ4n) is 3.04. The Morgan fingerprint density at radius 3 is 2.71 bits per heavy atom. The fraction of sp³-hybridized carbons (Fsp3) is 0.294. The van der Waals surface area contributed by atoms with E-state index in [1.54, 1.807) is 24.3 Å². The van der Waals surface area contributed by atoms with Crippen molar-refractivity contribution in [2.45, 2.75) is 26.7 Å². The van der Waals surface area contributed by atoms with Crippen LogP contribution in [0, 0.1) is 5.41 Å². The van der Waals surface area contributed by atoms with Gasteiger partial charge < -0.3 is 10.1 Å². The lowest BCUT2D eigenvalue weighted by Gasteiger charge is -2.28. The Morgan fingerprint density at radius 1 is 1.29 bits per heavy atom. The lowest BCUT2D eigenvalue weighted by Crippen LogP contribution is -2.21. The van der Waals surface area contributed by atoms with E-state index < -0.39 is 5.97 Å². The molecular formula is C17H17NO3. The summed E-state index contributed by atoms with van der Waals surface area (Å²) in [6.45, 7) is 4.19. The lowest BCUT2D eigenvalue weighted by molar-refractivity contribution is -0.116. The number of carbonyl (C=O) groups is 2. The van der Waals surface area contributed by atoms with Gasteiger partial charge in [0.2, 0.25) is 0 Å². The molecule has 1 aromatic heterocycles. The van der Waals surface area contributed by atoms with E-state index in [1.807, 2.05) is 6.20 Å². The van der Waals surface area contributed by atoms with Crippen molar-refractivity contribution in [3.63, 3.8) is 0 Å². The van der Waals surface area contributed by atoms with Gasteiger partial charge in [0.15, 0.2) is 5.78 Å². The minimum Gasteiger partial charge on any atom is -0.478 e. The molecule has 1 aromatic carbocycles. The highest BCUT2D eigenvalue weighted by atomic mass is 16.4. The SMILES string of the molecule is CC1(C)CC(=O)C=C(c2c[nH]c3cc(C(=O)O)ccc23)C1. The van der Waals surface area contributed by atoms with E-state index in [-0.39, 0.29) is 16.8 Å². The van der Waals surface area contributed by atoms with Crippen molar-refractivity contribution < 1.29 is 14.7 Å². The molecule has 21 heavy (non-hydrogen) atoms. The van der Waals surface area contributed by atoms with Crippen LogP contribution in [0.5, 0.6) is 0 Å². The van der Waals surface area contributed by atoms with Gasteiger partial charge in [-0.1, -0.05) is 19.9 Å². The summed E-state index contributed by atoms with van der Waals surface area (Å²) in [6, 6.07) is 5.02. The number of nitrogens with one attached hydrogen (secondary N) is 1. The van der Waals surface area contributed by atoms with E-state index in [0.717, 1.165) is 28.5 Å². The van der Waals surface area contributed by atoms with Gasteiger partial charge in [-0.25, -0.2) is 4.79 Å². The Bertz CT molecular complexity index is 780. The average Bonchev–Trinajstić information content (AvgIpc) is 2.78. The van der Waals surface area contributed by atoms with Gasteiger partial charge in [-0.3, -0.25) is 4.79 Å². The van der Waals surface area contributed by atoms with E-state index in [0.29, 0.717) is 6.42 Å². The first-order valence-electron chi connectivity index (χ1n) is 6.94. The zero-order chi connectivity index (χ0) is 15.2. The lowest BCUT2D eigenvalue weighted by atomic mass is 9.75. The van der Waals surface area contributed by atoms with Gasteiger partial charge in [-0.05, 0) is 35.6 Å². The van der Waals surface area contributed by atoms with Crippen LogP contribution in [-0.4, -0.2) is 21.8 Å². The number of carboxylic acids is 1. The molecule has 0 radical (unpaired) electrons. The molecule has 0 bridgehead atoms. The molecule has 0 spiro atoms. The van der Waals surface area contributed by atoms with Crippen LogP contribution in [0.4, 0.5) is 0 Å². The highest BCUT2D eigenvalue weighted by Crippen LogP contribution is 2.40. The molecule has 0 unspecified atom stereocenters. The predicted molar refractivity (Wildman–Crippen MR) is 81.3 cm³/mol. The summed E-state index contributed by atoms with van der Waals surface area (Å²) in [5.74, 6) is -0.793. The zero-order valence-corrected chi connectivity index (χ0v) is 12.1. The number of aromatic carboxylic acids is 1. The van der Waals surface area contributed by atoms with Gasteiger partial charge in [0.25, 0.3) is 0 Å². The van der Waals surface area contributed by atoms with E-state index in [9.17, 15) is 9.59 Å². The number of fused-ring (bicyclic) bond motifs is 1. The molecule has 1 heterocycles. The maximum absolute atomic E-state index is 11.9. The molecule has 0 atom stereocenters. The molecule has 4 nitrogen and oxygen atoms in total. The number of carbonyl (C=O) groups excluding carboxylic acids is 1. The summed E-state index contributed by atoms with van der Waals surface area (Å²) < 4.78 is 0. The Balaban J connectivity index is 2.09. The maximum atomic E-state index is 11.9. The van der Waals surface area contributed by atoms with Gasteiger partial charge in [0, 0.05) is 29.1 Å². The molecule has 0 amide bonds. The van der Waals surface area contributed by atoms with Gasteiger partial charge >= 0.3 is 5.97 Å². The van der Waals surface area contributed by atoms with Gasteiger partial charge in [-0.2, -0.15) is 0 Å². The number of rotatable bonds is 2. The molecule has 108 valence electrons. The van der Waals surface area contributed by atoms with Crippen LogP contribution in [0.25, 0.3) is 16.5 Å². The molecule has 3 rings (SSSR count). The minimum absolute atomic E-state index is 0.0359. The third-order valence-electron chi connectivity index (χ3n) is 3.93. The van der Waals surface area contributed by atoms with Crippen LogP contribution in [0.15, 0.2) is 30.5 Å². The Kier molecular flexibility index (Phi) is 2.97. The highest BCUT2D eigenvalue weighted by molar-refractivity contribution is 6.04. The van der Waals surface area contributed by atoms with E-state index in [4.69, 9.17) is 5.11 Å².